The van der Waals surface area contributed by atoms with Gasteiger partial charge in [0.1, 0.15) is 5.75 Å². The van der Waals surface area contributed by atoms with Gasteiger partial charge in [-0.15, -0.1) is 0 Å². The molecule has 0 bridgehead atoms. The first kappa shape index (κ1) is 13.2. The van der Waals surface area contributed by atoms with Crippen LogP contribution in [-0.2, 0) is 0 Å². The molecule has 2 aromatic rings. The van der Waals surface area contributed by atoms with E-state index in [1.54, 1.807) is 36.9 Å². The average Bonchev–Trinajstić information content (AvgIpc) is 2.38. The Bertz CT molecular complexity index is 594. The van der Waals surface area contributed by atoms with Gasteiger partial charge in [-0.25, -0.2) is 0 Å². The number of hydrogen-bond acceptors (Lipinski definition) is 4. The molecule has 0 saturated heterocycles. The molecule has 0 radical (unpaired) electrons. The fraction of sp³-hybridized carbons (Fsp3) is 0.267. The third kappa shape index (κ3) is 3.16. The van der Waals surface area contributed by atoms with Gasteiger partial charge in [0.15, 0.2) is 5.78 Å². The summed E-state index contributed by atoms with van der Waals surface area (Å²) in [4.78, 5) is 20.4. The lowest BCUT2D eigenvalue weighted by Gasteiger charge is -2.10. The van der Waals surface area contributed by atoms with Crippen molar-refractivity contribution in [2.24, 2.45) is 0 Å². The molecule has 2 aromatic heterocycles. The normalized spacial score (nSPS) is 10.5. The molecule has 0 unspecified atom stereocenters. The van der Waals surface area contributed by atoms with Gasteiger partial charge in [-0.3, -0.25) is 14.8 Å². The molecule has 0 spiro atoms. The minimum Gasteiger partial charge on any atom is -0.489 e. The summed E-state index contributed by atoms with van der Waals surface area (Å²) in [5, 5.41) is 0. The van der Waals surface area contributed by atoms with Crippen LogP contribution in [0.3, 0.4) is 0 Å². The van der Waals surface area contributed by atoms with Crippen molar-refractivity contribution < 1.29 is 9.53 Å². The molecule has 2 rings (SSSR count). The summed E-state index contributed by atoms with van der Waals surface area (Å²) < 4.78 is 5.54. The lowest BCUT2D eigenvalue weighted by atomic mass is 10.0. The molecule has 2 heterocycles. The van der Waals surface area contributed by atoms with Gasteiger partial charge in [0.05, 0.1) is 12.3 Å². The fourth-order valence-electron chi connectivity index (χ4n) is 1.76. The second-order valence-electron chi connectivity index (χ2n) is 4.60. The second-order valence-corrected chi connectivity index (χ2v) is 4.60. The van der Waals surface area contributed by atoms with E-state index in [1.165, 1.54) is 0 Å². The molecule has 0 atom stereocenters. The summed E-state index contributed by atoms with van der Waals surface area (Å²) in [7, 11) is 0. The summed E-state index contributed by atoms with van der Waals surface area (Å²) in [6.07, 6.45) is 6.50. The first-order valence-corrected chi connectivity index (χ1v) is 6.15. The minimum atomic E-state index is -0.0680. The predicted octanol–water partition coefficient (Wildman–Crippen LogP) is 2.80. The van der Waals surface area contributed by atoms with Gasteiger partial charge in [-0.1, -0.05) is 0 Å². The van der Waals surface area contributed by atoms with E-state index in [0.29, 0.717) is 16.9 Å². The average molecular weight is 256 g/mol. The summed E-state index contributed by atoms with van der Waals surface area (Å²) in [5.74, 6) is 0.536. The maximum absolute atomic E-state index is 12.4. The van der Waals surface area contributed by atoms with Crippen LogP contribution in [0.5, 0.6) is 5.75 Å². The van der Waals surface area contributed by atoms with Gasteiger partial charge < -0.3 is 4.74 Å². The van der Waals surface area contributed by atoms with Crippen LogP contribution in [0.25, 0.3) is 0 Å². The third-order valence-corrected chi connectivity index (χ3v) is 2.61. The number of nitrogens with zero attached hydrogens (tertiary/aromatic N) is 2. The summed E-state index contributed by atoms with van der Waals surface area (Å²) >= 11 is 0. The van der Waals surface area contributed by atoms with Crippen molar-refractivity contribution in [3.63, 3.8) is 0 Å². The van der Waals surface area contributed by atoms with Crippen LogP contribution in [-0.4, -0.2) is 21.9 Å². The Hall–Kier alpha value is -2.23. The Kier molecular flexibility index (Phi) is 3.90. The summed E-state index contributed by atoms with van der Waals surface area (Å²) in [6, 6.07) is 3.43. The van der Waals surface area contributed by atoms with Gasteiger partial charge in [0, 0.05) is 29.7 Å². The third-order valence-electron chi connectivity index (χ3n) is 2.61. The Morgan fingerprint density at radius 1 is 1.21 bits per heavy atom. The van der Waals surface area contributed by atoms with Crippen molar-refractivity contribution >= 4 is 5.78 Å². The molecule has 0 aliphatic rings. The molecular formula is C15H16N2O2. The van der Waals surface area contributed by atoms with E-state index in [9.17, 15) is 4.79 Å². The molecule has 4 nitrogen and oxygen atoms in total. The number of pyridine rings is 2. The van der Waals surface area contributed by atoms with Crippen molar-refractivity contribution in [1.82, 2.24) is 9.97 Å². The highest BCUT2D eigenvalue weighted by molar-refractivity contribution is 6.09. The van der Waals surface area contributed by atoms with Crippen LogP contribution in [0.1, 0.15) is 35.3 Å². The van der Waals surface area contributed by atoms with Gasteiger partial charge in [0.2, 0.25) is 0 Å². The highest BCUT2D eigenvalue weighted by Crippen LogP contribution is 2.17. The number of rotatable bonds is 4. The number of aryl methyl sites for hydroxylation is 1. The first-order chi connectivity index (χ1) is 9.08. The Balaban J connectivity index is 2.32. The first-order valence-electron chi connectivity index (χ1n) is 6.15. The van der Waals surface area contributed by atoms with Crippen LogP contribution < -0.4 is 4.74 Å². The number of carbonyl (C=O) groups is 1. The van der Waals surface area contributed by atoms with E-state index in [4.69, 9.17) is 4.74 Å². The molecule has 0 N–H and O–H groups in total. The van der Waals surface area contributed by atoms with Gasteiger partial charge in [-0.05, 0) is 38.5 Å². The molecule has 0 amide bonds. The maximum atomic E-state index is 12.4. The molecule has 0 aliphatic carbocycles. The lowest BCUT2D eigenvalue weighted by molar-refractivity contribution is 0.103. The molecular weight excluding hydrogens is 240 g/mol. The zero-order valence-electron chi connectivity index (χ0n) is 11.3. The van der Waals surface area contributed by atoms with E-state index in [-0.39, 0.29) is 11.9 Å². The zero-order valence-corrected chi connectivity index (χ0v) is 11.3. The van der Waals surface area contributed by atoms with Crippen molar-refractivity contribution in [2.45, 2.75) is 26.9 Å². The topological polar surface area (TPSA) is 52.1 Å². The highest BCUT2D eigenvalue weighted by atomic mass is 16.5. The van der Waals surface area contributed by atoms with E-state index < -0.39 is 0 Å². The van der Waals surface area contributed by atoms with Crippen LogP contribution in [0.2, 0.25) is 0 Å². The molecule has 0 aromatic carbocycles. The molecule has 4 heteroatoms. The van der Waals surface area contributed by atoms with Crippen molar-refractivity contribution in [3.05, 3.63) is 53.6 Å². The Morgan fingerprint density at radius 3 is 2.68 bits per heavy atom. The fourth-order valence-corrected chi connectivity index (χ4v) is 1.76. The number of ether oxygens (including phenoxy) is 1. The van der Waals surface area contributed by atoms with Gasteiger partial charge in [0.25, 0.3) is 0 Å². The number of hydrogen-bond donors (Lipinski definition) is 0. The molecule has 0 aliphatic heterocycles. The largest absolute Gasteiger partial charge is 0.489 e. The monoisotopic (exact) mass is 256 g/mol. The SMILES string of the molecule is Cc1cnccc1C(=O)c1cncc(OC(C)C)c1. The quantitative estimate of drug-likeness (QED) is 0.789. The number of aromatic nitrogens is 2. The number of ketones is 1. The summed E-state index contributed by atoms with van der Waals surface area (Å²) in [5.41, 5.74) is 2.01. The summed E-state index contributed by atoms with van der Waals surface area (Å²) in [6.45, 7) is 5.73. The van der Waals surface area contributed by atoms with Crippen molar-refractivity contribution in [3.8, 4) is 5.75 Å². The van der Waals surface area contributed by atoms with Crippen LogP contribution in [0.15, 0.2) is 36.9 Å². The minimum absolute atomic E-state index is 0.0508. The van der Waals surface area contributed by atoms with Crippen LogP contribution in [0, 0.1) is 6.92 Å². The van der Waals surface area contributed by atoms with E-state index in [1.807, 2.05) is 20.8 Å². The smallest absolute Gasteiger partial charge is 0.195 e. The van der Waals surface area contributed by atoms with Crippen LogP contribution >= 0.6 is 0 Å². The Morgan fingerprint density at radius 2 is 2.00 bits per heavy atom. The molecule has 19 heavy (non-hydrogen) atoms. The van der Waals surface area contributed by atoms with E-state index in [2.05, 4.69) is 9.97 Å². The molecule has 0 saturated carbocycles. The van der Waals surface area contributed by atoms with Gasteiger partial charge in [-0.2, -0.15) is 0 Å². The molecule has 98 valence electrons. The van der Waals surface area contributed by atoms with Crippen molar-refractivity contribution in [1.29, 1.82) is 0 Å². The highest BCUT2D eigenvalue weighted by Gasteiger charge is 2.13. The standard InChI is InChI=1S/C15H16N2O2/c1-10(2)19-13-6-12(8-17-9-13)15(18)14-4-5-16-7-11(14)3/h4-10H,1-3H3. The van der Waals surface area contributed by atoms with Crippen LogP contribution in [0.4, 0.5) is 0 Å². The number of carbonyl (C=O) groups excluding carboxylic acids is 1. The Labute approximate surface area is 112 Å². The second kappa shape index (κ2) is 5.61. The van der Waals surface area contributed by atoms with E-state index >= 15 is 0 Å². The van der Waals surface area contributed by atoms with E-state index in [0.717, 1.165) is 5.56 Å². The maximum Gasteiger partial charge on any atom is 0.195 e. The van der Waals surface area contributed by atoms with Crippen molar-refractivity contribution in [2.75, 3.05) is 0 Å². The van der Waals surface area contributed by atoms with Gasteiger partial charge >= 0.3 is 0 Å². The lowest BCUT2D eigenvalue weighted by Crippen LogP contribution is -2.08. The predicted molar refractivity (Wildman–Crippen MR) is 72.4 cm³/mol. The zero-order chi connectivity index (χ0) is 13.8. The molecule has 0 fully saturated rings.